The van der Waals surface area contributed by atoms with Crippen LogP contribution < -0.4 is 4.74 Å². The maximum absolute atomic E-state index is 12.5. The molecule has 0 bridgehead atoms. The van der Waals surface area contributed by atoms with Crippen LogP contribution in [0.2, 0.25) is 0 Å². The number of hydrogen-bond acceptors (Lipinski definition) is 6. The summed E-state index contributed by atoms with van der Waals surface area (Å²) >= 11 is 0. The molecule has 1 aliphatic rings. The maximum Gasteiger partial charge on any atom is 0.417 e. The summed E-state index contributed by atoms with van der Waals surface area (Å²) in [5.41, 5.74) is -0.163. The SMILES string of the molecule is COc1ccc([C@@H](C[N+](=O)[O-])[C@H]2C=CC(=O)N2C(=O)OC(C)(C)C)cc1. The van der Waals surface area contributed by atoms with Crippen LogP contribution in [0, 0.1) is 10.1 Å². The van der Waals surface area contributed by atoms with Crippen molar-refractivity contribution >= 4 is 12.0 Å². The molecule has 1 aromatic rings. The topological polar surface area (TPSA) is 99.0 Å². The first kappa shape index (κ1) is 19.4. The minimum Gasteiger partial charge on any atom is -0.497 e. The van der Waals surface area contributed by atoms with E-state index in [0.29, 0.717) is 11.3 Å². The van der Waals surface area contributed by atoms with E-state index in [1.165, 1.54) is 19.3 Å². The number of amides is 2. The zero-order valence-corrected chi connectivity index (χ0v) is 15.2. The second-order valence-corrected chi connectivity index (χ2v) is 6.93. The van der Waals surface area contributed by atoms with Crippen LogP contribution in [0.3, 0.4) is 0 Å². The van der Waals surface area contributed by atoms with Gasteiger partial charge in [-0.2, -0.15) is 0 Å². The van der Waals surface area contributed by atoms with E-state index >= 15 is 0 Å². The zero-order valence-electron chi connectivity index (χ0n) is 15.2. The number of benzene rings is 1. The van der Waals surface area contributed by atoms with Gasteiger partial charge in [0, 0.05) is 11.0 Å². The first-order chi connectivity index (χ1) is 12.1. The van der Waals surface area contributed by atoms with Crippen LogP contribution in [0.15, 0.2) is 36.4 Å². The summed E-state index contributed by atoms with van der Waals surface area (Å²) in [4.78, 5) is 36.3. The summed E-state index contributed by atoms with van der Waals surface area (Å²) in [5.74, 6) is -0.645. The number of imide groups is 1. The van der Waals surface area contributed by atoms with E-state index in [2.05, 4.69) is 0 Å². The molecule has 1 aromatic carbocycles. The largest absolute Gasteiger partial charge is 0.497 e. The monoisotopic (exact) mass is 362 g/mol. The molecule has 0 fully saturated rings. The number of ether oxygens (including phenoxy) is 2. The second-order valence-electron chi connectivity index (χ2n) is 6.93. The predicted octanol–water partition coefficient (Wildman–Crippen LogP) is 2.76. The molecule has 0 saturated carbocycles. The predicted molar refractivity (Wildman–Crippen MR) is 93.6 cm³/mol. The number of carbonyl (C=O) groups is 2. The van der Waals surface area contributed by atoms with Crippen LogP contribution in [0.1, 0.15) is 32.3 Å². The quantitative estimate of drug-likeness (QED) is 0.590. The molecule has 0 aliphatic carbocycles. The zero-order chi connectivity index (χ0) is 19.5. The lowest BCUT2D eigenvalue weighted by molar-refractivity contribution is -0.484. The molecule has 0 N–H and O–H groups in total. The lowest BCUT2D eigenvalue weighted by atomic mass is 9.91. The van der Waals surface area contributed by atoms with Gasteiger partial charge in [0.2, 0.25) is 6.54 Å². The highest BCUT2D eigenvalue weighted by Gasteiger charge is 2.41. The molecule has 1 heterocycles. The van der Waals surface area contributed by atoms with Crippen molar-refractivity contribution in [2.75, 3.05) is 13.7 Å². The molecule has 0 spiro atoms. The van der Waals surface area contributed by atoms with Gasteiger partial charge in [0.15, 0.2) is 0 Å². The van der Waals surface area contributed by atoms with Crippen molar-refractivity contribution in [2.45, 2.75) is 38.3 Å². The molecule has 0 aromatic heterocycles. The first-order valence-electron chi connectivity index (χ1n) is 8.12. The molecule has 2 rings (SSSR count). The maximum atomic E-state index is 12.5. The molecule has 140 valence electrons. The molecule has 8 heteroatoms. The first-order valence-corrected chi connectivity index (χ1v) is 8.12. The number of methoxy groups -OCH3 is 1. The number of hydrogen-bond donors (Lipinski definition) is 0. The van der Waals surface area contributed by atoms with Gasteiger partial charge < -0.3 is 9.47 Å². The Hall–Kier alpha value is -2.90. The highest BCUT2D eigenvalue weighted by atomic mass is 16.6. The smallest absolute Gasteiger partial charge is 0.417 e. The van der Waals surface area contributed by atoms with E-state index < -0.39 is 41.0 Å². The van der Waals surface area contributed by atoms with Crippen LogP contribution in [-0.2, 0) is 9.53 Å². The molecule has 0 unspecified atom stereocenters. The number of nitrogens with zero attached hydrogens (tertiary/aromatic N) is 2. The fourth-order valence-corrected chi connectivity index (χ4v) is 2.75. The van der Waals surface area contributed by atoms with Gasteiger partial charge in [-0.1, -0.05) is 18.2 Å². The van der Waals surface area contributed by atoms with Gasteiger partial charge in [-0.05, 0) is 38.5 Å². The van der Waals surface area contributed by atoms with Gasteiger partial charge in [-0.3, -0.25) is 14.9 Å². The third kappa shape index (κ3) is 4.59. The lowest BCUT2D eigenvalue weighted by Gasteiger charge is -2.30. The van der Waals surface area contributed by atoms with E-state index in [1.807, 2.05) is 0 Å². The average molecular weight is 362 g/mol. The van der Waals surface area contributed by atoms with Gasteiger partial charge in [0.1, 0.15) is 11.4 Å². The van der Waals surface area contributed by atoms with Crippen molar-refractivity contribution in [2.24, 2.45) is 0 Å². The van der Waals surface area contributed by atoms with Gasteiger partial charge in [0.05, 0.1) is 19.1 Å². The standard InChI is InChI=1S/C18H22N2O6/c1-18(2,3)26-17(22)20-15(9-10-16(20)21)14(11-19(23)24)12-5-7-13(25-4)8-6-12/h5-10,14-15H,11H2,1-4H3/t14-,15-/m1/s1. The summed E-state index contributed by atoms with van der Waals surface area (Å²) in [6.45, 7) is 4.62. The molecular weight excluding hydrogens is 340 g/mol. The van der Waals surface area contributed by atoms with E-state index in [-0.39, 0.29) is 0 Å². The Labute approximate surface area is 151 Å². The number of rotatable bonds is 5. The Kier molecular flexibility index (Phi) is 5.64. The average Bonchev–Trinajstić information content (AvgIpc) is 2.92. The van der Waals surface area contributed by atoms with Gasteiger partial charge in [-0.15, -0.1) is 0 Å². The Morgan fingerprint density at radius 2 is 1.92 bits per heavy atom. The Balaban J connectivity index is 2.35. The van der Waals surface area contributed by atoms with Crippen molar-refractivity contribution in [3.63, 3.8) is 0 Å². The van der Waals surface area contributed by atoms with Crippen molar-refractivity contribution < 1.29 is 24.0 Å². The molecule has 8 nitrogen and oxygen atoms in total. The Morgan fingerprint density at radius 1 is 1.31 bits per heavy atom. The van der Waals surface area contributed by atoms with Crippen LogP contribution in [-0.4, -0.2) is 47.1 Å². The molecule has 26 heavy (non-hydrogen) atoms. The summed E-state index contributed by atoms with van der Waals surface area (Å²) < 4.78 is 10.4. The normalized spacial score (nSPS) is 17.9. The van der Waals surface area contributed by atoms with Crippen LogP contribution in [0.4, 0.5) is 4.79 Å². The highest BCUT2D eigenvalue weighted by Crippen LogP contribution is 2.31. The Bertz CT molecular complexity index is 720. The van der Waals surface area contributed by atoms with Crippen molar-refractivity contribution in [1.29, 1.82) is 0 Å². The van der Waals surface area contributed by atoms with Crippen molar-refractivity contribution in [3.8, 4) is 5.75 Å². The molecule has 2 amide bonds. The van der Waals surface area contributed by atoms with Crippen LogP contribution >= 0.6 is 0 Å². The van der Waals surface area contributed by atoms with E-state index in [1.54, 1.807) is 45.0 Å². The van der Waals surface area contributed by atoms with Crippen molar-refractivity contribution in [3.05, 3.63) is 52.1 Å². The molecule has 0 saturated heterocycles. The second kappa shape index (κ2) is 7.55. The summed E-state index contributed by atoms with van der Waals surface area (Å²) in [7, 11) is 1.52. The molecule has 2 atom stereocenters. The lowest BCUT2D eigenvalue weighted by Crippen LogP contribution is -2.46. The van der Waals surface area contributed by atoms with Crippen LogP contribution in [0.25, 0.3) is 0 Å². The highest BCUT2D eigenvalue weighted by molar-refractivity contribution is 6.01. The molecule has 0 radical (unpaired) electrons. The van der Waals surface area contributed by atoms with Crippen molar-refractivity contribution in [1.82, 2.24) is 4.90 Å². The summed E-state index contributed by atoms with van der Waals surface area (Å²) in [6, 6.07) is 5.95. The summed E-state index contributed by atoms with van der Waals surface area (Å²) in [6.07, 6.45) is 1.93. The van der Waals surface area contributed by atoms with Gasteiger partial charge >= 0.3 is 6.09 Å². The molecular formula is C18H22N2O6. The molecule has 1 aliphatic heterocycles. The third-order valence-corrected chi connectivity index (χ3v) is 3.86. The minimum atomic E-state index is -0.820. The fourth-order valence-electron chi connectivity index (χ4n) is 2.75. The number of nitro groups is 1. The van der Waals surface area contributed by atoms with Gasteiger partial charge in [-0.25, -0.2) is 9.69 Å². The fraction of sp³-hybridized carbons (Fsp3) is 0.444. The number of carbonyl (C=O) groups excluding carboxylic acids is 2. The van der Waals surface area contributed by atoms with E-state index in [4.69, 9.17) is 9.47 Å². The Morgan fingerprint density at radius 3 is 2.42 bits per heavy atom. The van der Waals surface area contributed by atoms with Gasteiger partial charge in [0.25, 0.3) is 5.91 Å². The van der Waals surface area contributed by atoms with E-state index in [9.17, 15) is 19.7 Å². The minimum absolute atomic E-state index is 0.437. The summed E-state index contributed by atoms with van der Waals surface area (Å²) in [5, 5.41) is 11.2. The van der Waals surface area contributed by atoms with E-state index in [0.717, 1.165) is 4.90 Å². The van der Waals surface area contributed by atoms with Crippen LogP contribution in [0.5, 0.6) is 5.75 Å². The third-order valence-electron chi connectivity index (χ3n) is 3.86.